The van der Waals surface area contributed by atoms with E-state index in [0.29, 0.717) is 10.6 Å². The van der Waals surface area contributed by atoms with Crippen LogP contribution in [0.25, 0.3) is 22.2 Å². The number of aromatic nitrogens is 1. The fourth-order valence-electron chi connectivity index (χ4n) is 2.36. The van der Waals surface area contributed by atoms with Crippen molar-refractivity contribution < 1.29 is 14.3 Å². The zero-order valence-corrected chi connectivity index (χ0v) is 12.7. The Morgan fingerprint density at radius 3 is 2.74 bits per heavy atom. The number of hydrogen-bond acceptors (Lipinski definition) is 5. The molecule has 0 aliphatic carbocycles. The summed E-state index contributed by atoms with van der Waals surface area (Å²) in [5.74, 6) is 0.0684. The summed E-state index contributed by atoms with van der Waals surface area (Å²) >= 11 is 1.29. The van der Waals surface area contributed by atoms with Crippen molar-refractivity contribution in [3.05, 3.63) is 70.7 Å². The van der Waals surface area contributed by atoms with Crippen molar-refractivity contribution in [3.8, 4) is 17.0 Å². The molecule has 2 aromatic heterocycles. The van der Waals surface area contributed by atoms with Gasteiger partial charge in [-0.3, -0.25) is 4.79 Å². The zero-order chi connectivity index (χ0) is 15.8. The molecule has 0 bridgehead atoms. The molecule has 23 heavy (non-hydrogen) atoms. The minimum Gasteiger partial charge on any atom is -0.508 e. The summed E-state index contributed by atoms with van der Waals surface area (Å²) < 4.78 is 5.54. The van der Waals surface area contributed by atoms with Crippen LogP contribution in [0.5, 0.6) is 5.75 Å². The molecule has 1 N–H and O–H groups in total. The Morgan fingerprint density at radius 2 is 1.91 bits per heavy atom. The topological polar surface area (TPSA) is 63.3 Å². The lowest BCUT2D eigenvalue weighted by molar-refractivity contribution is 0.101. The maximum atomic E-state index is 12.5. The molecule has 0 fully saturated rings. The van der Waals surface area contributed by atoms with E-state index in [9.17, 15) is 9.90 Å². The van der Waals surface area contributed by atoms with Gasteiger partial charge in [-0.1, -0.05) is 30.3 Å². The number of hydrogen-bond donors (Lipinski definition) is 1. The first kappa shape index (κ1) is 13.7. The minimum absolute atomic E-state index is 0.103. The molecule has 0 spiro atoms. The number of fused-ring (bicyclic) bond motifs is 1. The Balaban J connectivity index is 1.69. The van der Waals surface area contributed by atoms with Crippen LogP contribution in [0.3, 0.4) is 0 Å². The van der Waals surface area contributed by atoms with Crippen molar-refractivity contribution in [3.63, 3.8) is 0 Å². The second-order valence-electron chi connectivity index (χ2n) is 5.07. The molecule has 4 nitrogen and oxygen atoms in total. The lowest BCUT2D eigenvalue weighted by Gasteiger charge is -1.94. The summed E-state index contributed by atoms with van der Waals surface area (Å²) in [4.78, 5) is 16.9. The van der Waals surface area contributed by atoms with Crippen LogP contribution in [-0.4, -0.2) is 15.9 Å². The Hall–Kier alpha value is -2.92. The zero-order valence-electron chi connectivity index (χ0n) is 11.9. The highest BCUT2D eigenvalue weighted by Crippen LogP contribution is 2.27. The number of ketones is 1. The molecule has 4 aromatic rings. The van der Waals surface area contributed by atoms with Gasteiger partial charge in [-0.05, 0) is 18.2 Å². The van der Waals surface area contributed by atoms with Gasteiger partial charge in [0.15, 0.2) is 10.8 Å². The standard InChI is InChI=1S/C18H11NO3S/c20-13-7-6-12-8-16(22-15(12)9-13)17(21)18-19-14(10-23-18)11-4-2-1-3-5-11/h1-10,20H. The van der Waals surface area contributed by atoms with Crippen LogP contribution in [0.1, 0.15) is 15.6 Å². The van der Waals surface area contributed by atoms with Gasteiger partial charge in [0, 0.05) is 22.4 Å². The van der Waals surface area contributed by atoms with Crippen molar-refractivity contribution in [2.24, 2.45) is 0 Å². The van der Waals surface area contributed by atoms with Crippen molar-refractivity contribution in [1.82, 2.24) is 4.98 Å². The van der Waals surface area contributed by atoms with E-state index in [1.807, 2.05) is 35.7 Å². The van der Waals surface area contributed by atoms with Crippen LogP contribution in [0.2, 0.25) is 0 Å². The quantitative estimate of drug-likeness (QED) is 0.565. The molecule has 2 aromatic carbocycles. The van der Waals surface area contributed by atoms with E-state index < -0.39 is 0 Å². The van der Waals surface area contributed by atoms with Crippen LogP contribution < -0.4 is 0 Å². The van der Waals surface area contributed by atoms with Crippen LogP contribution >= 0.6 is 11.3 Å². The SMILES string of the molecule is O=C(c1cc2ccc(O)cc2o1)c1nc(-c2ccccc2)cs1. The third kappa shape index (κ3) is 2.51. The highest BCUT2D eigenvalue weighted by Gasteiger charge is 2.18. The summed E-state index contributed by atoms with van der Waals surface area (Å²) in [6, 6.07) is 16.1. The number of benzene rings is 2. The van der Waals surface area contributed by atoms with Crippen molar-refractivity contribution in [2.45, 2.75) is 0 Å². The summed E-state index contributed by atoms with van der Waals surface area (Å²) in [6.45, 7) is 0. The smallest absolute Gasteiger partial charge is 0.256 e. The van der Waals surface area contributed by atoms with Gasteiger partial charge in [0.25, 0.3) is 5.78 Å². The van der Waals surface area contributed by atoms with Crippen LogP contribution in [0, 0.1) is 0 Å². The van der Waals surface area contributed by atoms with E-state index in [1.165, 1.54) is 17.4 Å². The van der Waals surface area contributed by atoms with E-state index in [-0.39, 0.29) is 17.3 Å². The summed E-state index contributed by atoms with van der Waals surface area (Å²) in [5.41, 5.74) is 2.22. The average Bonchev–Trinajstić information content (AvgIpc) is 3.21. The van der Waals surface area contributed by atoms with Gasteiger partial charge in [-0.2, -0.15) is 0 Å². The highest BCUT2D eigenvalue weighted by molar-refractivity contribution is 7.12. The largest absolute Gasteiger partial charge is 0.508 e. The van der Waals surface area contributed by atoms with Crippen molar-refractivity contribution in [2.75, 3.05) is 0 Å². The number of carbonyl (C=O) groups excluding carboxylic acids is 1. The van der Waals surface area contributed by atoms with Crippen LogP contribution in [-0.2, 0) is 0 Å². The number of rotatable bonds is 3. The third-order valence-corrected chi connectivity index (χ3v) is 4.34. The summed E-state index contributed by atoms with van der Waals surface area (Å²) in [5, 5.41) is 12.5. The number of phenolic OH excluding ortho intramolecular Hbond substituents is 1. The molecule has 2 heterocycles. The number of nitrogens with zero attached hydrogens (tertiary/aromatic N) is 1. The van der Waals surface area contributed by atoms with Crippen LogP contribution in [0.15, 0.2) is 64.4 Å². The predicted octanol–water partition coefficient (Wildman–Crippen LogP) is 4.49. The monoisotopic (exact) mass is 321 g/mol. The van der Waals surface area contributed by atoms with Crippen LogP contribution in [0.4, 0.5) is 0 Å². The van der Waals surface area contributed by atoms with Gasteiger partial charge < -0.3 is 9.52 Å². The van der Waals surface area contributed by atoms with Gasteiger partial charge >= 0.3 is 0 Å². The van der Waals surface area contributed by atoms with Gasteiger partial charge in [0.2, 0.25) is 0 Å². The van der Waals surface area contributed by atoms with E-state index in [1.54, 1.807) is 18.2 Å². The molecule has 0 amide bonds. The molecule has 0 saturated carbocycles. The Labute approximate surface area is 135 Å². The molecule has 0 saturated heterocycles. The van der Waals surface area contributed by atoms with E-state index in [2.05, 4.69) is 4.98 Å². The Kier molecular flexibility index (Phi) is 3.20. The van der Waals surface area contributed by atoms with E-state index in [4.69, 9.17) is 4.42 Å². The van der Waals surface area contributed by atoms with Gasteiger partial charge in [0.1, 0.15) is 11.3 Å². The molecule has 5 heteroatoms. The lowest BCUT2D eigenvalue weighted by Crippen LogP contribution is -1.98. The van der Waals surface area contributed by atoms with E-state index in [0.717, 1.165) is 16.6 Å². The van der Waals surface area contributed by atoms with Crippen molar-refractivity contribution >= 4 is 28.1 Å². The number of furan rings is 1. The molecule has 0 aliphatic rings. The lowest BCUT2D eigenvalue weighted by atomic mass is 10.2. The normalized spacial score (nSPS) is 11.0. The fraction of sp³-hybridized carbons (Fsp3) is 0. The average molecular weight is 321 g/mol. The molecular weight excluding hydrogens is 310 g/mol. The van der Waals surface area contributed by atoms with E-state index >= 15 is 0 Å². The number of carbonyl (C=O) groups is 1. The first-order valence-corrected chi connectivity index (χ1v) is 7.87. The molecule has 0 atom stereocenters. The first-order valence-electron chi connectivity index (χ1n) is 6.99. The molecular formula is C18H11NO3S. The Morgan fingerprint density at radius 1 is 1.09 bits per heavy atom. The Bertz CT molecular complexity index is 1000. The molecule has 0 radical (unpaired) electrons. The minimum atomic E-state index is -0.257. The van der Waals surface area contributed by atoms with Gasteiger partial charge in [-0.25, -0.2) is 4.98 Å². The summed E-state index contributed by atoms with van der Waals surface area (Å²) in [7, 11) is 0. The third-order valence-electron chi connectivity index (χ3n) is 3.50. The maximum absolute atomic E-state index is 12.5. The van der Waals surface area contributed by atoms with Gasteiger partial charge in [-0.15, -0.1) is 11.3 Å². The number of phenols is 1. The highest BCUT2D eigenvalue weighted by atomic mass is 32.1. The maximum Gasteiger partial charge on any atom is 0.256 e. The first-order chi connectivity index (χ1) is 11.2. The molecule has 112 valence electrons. The molecule has 0 aliphatic heterocycles. The number of thiazole rings is 1. The number of aromatic hydroxyl groups is 1. The fourth-order valence-corrected chi connectivity index (χ4v) is 3.13. The second-order valence-corrected chi connectivity index (χ2v) is 5.92. The molecule has 0 unspecified atom stereocenters. The van der Waals surface area contributed by atoms with Gasteiger partial charge in [0.05, 0.1) is 5.69 Å². The van der Waals surface area contributed by atoms with Crippen molar-refractivity contribution in [1.29, 1.82) is 0 Å². The molecule has 4 rings (SSSR count). The predicted molar refractivity (Wildman–Crippen MR) is 88.9 cm³/mol. The summed E-state index contributed by atoms with van der Waals surface area (Å²) in [6.07, 6.45) is 0. The second kappa shape index (κ2) is 5.37.